The van der Waals surface area contributed by atoms with Crippen molar-refractivity contribution in [2.45, 2.75) is 65.8 Å². The molecule has 2 aromatic rings. The van der Waals surface area contributed by atoms with Gasteiger partial charge in [0, 0.05) is 17.6 Å². The summed E-state index contributed by atoms with van der Waals surface area (Å²) < 4.78 is 1.90. The van der Waals surface area contributed by atoms with E-state index in [1.54, 1.807) is 6.20 Å². The highest BCUT2D eigenvalue weighted by atomic mass is 35.5. The van der Waals surface area contributed by atoms with Gasteiger partial charge in [0.2, 0.25) is 0 Å². The van der Waals surface area contributed by atoms with Crippen molar-refractivity contribution in [2.24, 2.45) is 10.8 Å². The molecule has 1 aliphatic carbocycles. The van der Waals surface area contributed by atoms with Crippen LogP contribution in [-0.4, -0.2) is 33.2 Å². The lowest BCUT2D eigenvalue weighted by Crippen LogP contribution is -2.38. The SMILES string of the molecule is CCCc1c(C(=O)N2CC3(C)CC2CC(C)(C)C3)cnn1-c1ccc(Cl)cc1. The number of nitrogens with zero attached hydrogens (tertiary/aromatic N) is 3. The minimum atomic E-state index is 0.148. The summed E-state index contributed by atoms with van der Waals surface area (Å²) in [5.41, 5.74) is 3.23. The number of rotatable bonds is 4. The Morgan fingerprint density at radius 2 is 1.93 bits per heavy atom. The van der Waals surface area contributed by atoms with Gasteiger partial charge < -0.3 is 4.90 Å². The maximum atomic E-state index is 13.6. The molecule has 4 rings (SSSR count). The van der Waals surface area contributed by atoms with E-state index in [4.69, 9.17) is 11.6 Å². The van der Waals surface area contributed by atoms with E-state index in [-0.39, 0.29) is 11.3 Å². The molecule has 0 radical (unpaired) electrons. The Bertz CT molecular complexity index is 886. The summed E-state index contributed by atoms with van der Waals surface area (Å²) in [7, 11) is 0. The fourth-order valence-electron chi connectivity index (χ4n) is 5.69. The molecule has 2 fully saturated rings. The Morgan fingerprint density at radius 1 is 1.21 bits per heavy atom. The number of hydrogen-bond acceptors (Lipinski definition) is 2. The van der Waals surface area contributed by atoms with Crippen molar-refractivity contribution in [3.8, 4) is 5.69 Å². The van der Waals surface area contributed by atoms with Gasteiger partial charge in [-0.25, -0.2) is 4.68 Å². The molecule has 4 nitrogen and oxygen atoms in total. The molecule has 0 spiro atoms. The second-order valence-corrected chi connectivity index (χ2v) is 10.2. The molecule has 2 unspecified atom stereocenters. The number of hydrogen-bond donors (Lipinski definition) is 0. The third kappa shape index (κ3) is 3.47. The molecule has 1 aromatic heterocycles. The topological polar surface area (TPSA) is 38.1 Å². The van der Waals surface area contributed by atoms with Crippen molar-refractivity contribution in [3.63, 3.8) is 0 Å². The van der Waals surface area contributed by atoms with Crippen LogP contribution in [-0.2, 0) is 6.42 Å². The minimum Gasteiger partial charge on any atom is -0.335 e. The summed E-state index contributed by atoms with van der Waals surface area (Å²) in [6.45, 7) is 10.0. The van der Waals surface area contributed by atoms with Gasteiger partial charge in [0.05, 0.1) is 23.1 Å². The highest BCUT2D eigenvalue weighted by molar-refractivity contribution is 6.30. The van der Waals surface area contributed by atoms with Crippen LogP contribution in [0.15, 0.2) is 30.5 Å². The van der Waals surface area contributed by atoms with Crippen LogP contribution >= 0.6 is 11.6 Å². The van der Waals surface area contributed by atoms with Crippen LogP contribution in [0.25, 0.3) is 5.69 Å². The Labute approximate surface area is 172 Å². The van der Waals surface area contributed by atoms with E-state index >= 15 is 0 Å². The summed E-state index contributed by atoms with van der Waals surface area (Å²) in [5.74, 6) is 0.148. The zero-order valence-corrected chi connectivity index (χ0v) is 18.1. The molecule has 1 amide bonds. The van der Waals surface area contributed by atoms with E-state index in [0.29, 0.717) is 16.5 Å². The molecule has 1 aliphatic heterocycles. The van der Waals surface area contributed by atoms with Crippen LogP contribution in [0.2, 0.25) is 5.02 Å². The van der Waals surface area contributed by atoms with Crippen LogP contribution in [0.4, 0.5) is 0 Å². The van der Waals surface area contributed by atoms with E-state index in [2.05, 4.69) is 37.7 Å². The molecule has 1 saturated carbocycles. The fraction of sp³-hybridized carbons (Fsp3) is 0.565. The molecule has 2 heterocycles. The fourth-order valence-corrected chi connectivity index (χ4v) is 5.81. The number of amides is 1. The van der Waals surface area contributed by atoms with Gasteiger partial charge in [0.15, 0.2) is 0 Å². The van der Waals surface area contributed by atoms with Gasteiger partial charge in [0.25, 0.3) is 5.91 Å². The standard InChI is InChI=1S/C23H30ClN3O/c1-5-6-20-19(13-25-27(20)17-9-7-16(24)8-10-17)21(28)26-15-23(4)12-18(26)11-22(2,3)14-23/h7-10,13,18H,5-6,11-12,14-15H2,1-4H3. The van der Waals surface area contributed by atoms with Gasteiger partial charge in [-0.05, 0) is 60.8 Å². The van der Waals surface area contributed by atoms with Gasteiger partial charge in [-0.3, -0.25) is 4.79 Å². The first kappa shape index (κ1) is 19.5. The van der Waals surface area contributed by atoms with Crippen molar-refractivity contribution < 1.29 is 4.79 Å². The van der Waals surface area contributed by atoms with Crippen LogP contribution in [0.1, 0.15) is 69.4 Å². The molecule has 5 heteroatoms. The summed E-state index contributed by atoms with van der Waals surface area (Å²) in [6.07, 6.45) is 6.95. The van der Waals surface area contributed by atoms with Gasteiger partial charge >= 0.3 is 0 Å². The van der Waals surface area contributed by atoms with E-state index in [0.717, 1.165) is 49.2 Å². The van der Waals surface area contributed by atoms with E-state index in [1.807, 2.05) is 28.9 Å². The monoisotopic (exact) mass is 399 g/mol. The van der Waals surface area contributed by atoms with Gasteiger partial charge in [-0.2, -0.15) is 5.10 Å². The molecular formula is C23H30ClN3O. The van der Waals surface area contributed by atoms with Crippen LogP contribution < -0.4 is 0 Å². The summed E-state index contributed by atoms with van der Waals surface area (Å²) in [6, 6.07) is 7.98. The smallest absolute Gasteiger partial charge is 0.257 e. The second-order valence-electron chi connectivity index (χ2n) is 9.79. The molecule has 1 saturated heterocycles. The number of fused-ring (bicyclic) bond motifs is 2. The van der Waals surface area contributed by atoms with Crippen molar-refractivity contribution in [1.82, 2.24) is 14.7 Å². The normalized spacial score (nSPS) is 25.9. The predicted octanol–water partition coefficient (Wildman–Crippen LogP) is 5.52. The van der Waals surface area contributed by atoms with Gasteiger partial charge in [-0.1, -0.05) is 45.7 Å². The first-order chi connectivity index (χ1) is 13.2. The average Bonchev–Trinajstić information content (AvgIpc) is 3.13. The summed E-state index contributed by atoms with van der Waals surface area (Å²) >= 11 is 6.04. The summed E-state index contributed by atoms with van der Waals surface area (Å²) in [5, 5.41) is 5.28. The quantitative estimate of drug-likeness (QED) is 0.678. The molecule has 2 bridgehead atoms. The second kappa shape index (κ2) is 6.91. The number of benzene rings is 1. The Morgan fingerprint density at radius 3 is 2.61 bits per heavy atom. The zero-order chi connectivity index (χ0) is 20.1. The number of halogens is 1. The first-order valence-corrected chi connectivity index (χ1v) is 10.7. The average molecular weight is 400 g/mol. The Balaban J connectivity index is 1.68. The Hall–Kier alpha value is -1.81. The van der Waals surface area contributed by atoms with Crippen molar-refractivity contribution in [3.05, 3.63) is 46.7 Å². The number of carbonyl (C=O) groups is 1. The number of aromatic nitrogens is 2. The lowest BCUT2D eigenvalue weighted by molar-refractivity contribution is 0.0707. The van der Waals surface area contributed by atoms with Crippen molar-refractivity contribution in [1.29, 1.82) is 0 Å². The molecule has 28 heavy (non-hydrogen) atoms. The van der Waals surface area contributed by atoms with E-state index in [9.17, 15) is 4.79 Å². The third-order valence-electron chi connectivity index (χ3n) is 6.33. The third-order valence-corrected chi connectivity index (χ3v) is 6.58. The lowest BCUT2D eigenvalue weighted by atomic mass is 9.65. The number of likely N-dealkylation sites (tertiary alicyclic amines) is 1. The molecule has 0 N–H and O–H groups in total. The van der Waals surface area contributed by atoms with Gasteiger partial charge in [0.1, 0.15) is 0 Å². The lowest BCUT2D eigenvalue weighted by Gasteiger charge is -2.39. The highest BCUT2D eigenvalue weighted by Gasteiger charge is 2.51. The minimum absolute atomic E-state index is 0.148. The maximum Gasteiger partial charge on any atom is 0.257 e. The van der Waals surface area contributed by atoms with Crippen LogP contribution in [0.5, 0.6) is 0 Å². The molecular weight excluding hydrogens is 370 g/mol. The highest BCUT2D eigenvalue weighted by Crippen LogP contribution is 2.52. The van der Waals surface area contributed by atoms with Crippen molar-refractivity contribution >= 4 is 17.5 Å². The van der Waals surface area contributed by atoms with E-state index in [1.165, 1.54) is 6.42 Å². The number of carbonyl (C=O) groups excluding carboxylic acids is 1. The van der Waals surface area contributed by atoms with Crippen molar-refractivity contribution in [2.75, 3.05) is 6.54 Å². The van der Waals surface area contributed by atoms with Crippen LogP contribution in [0, 0.1) is 10.8 Å². The van der Waals surface area contributed by atoms with Crippen LogP contribution in [0.3, 0.4) is 0 Å². The molecule has 150 valence electrons. The molecule has 2 aliphatic rings. The van der Waals surface area contributed by atoms with E-state index < -0.39 is 0 Å². The zero-order valence-electron chi connectivity index (χ0n) is 17.3. The largest absolute Gasteiger partial charge is 0.335 e. The predicted molar refractivity (Wildman–Crippen MR) is 113 cm³/mol. The van der Waals surface area contributed by atoms with Gasteiger partial charge in [-0.15, -0.1) is 0 Å². The molecule has 1 aromatic carbocycles. The summed E-state index contributed by atoms with van der Waals surface area (Å²) in [4.78, 5) is 15.7. The maximum absolute atomic E-state index is 13.6. The first-order valence-electron chi connectivity index (χ1n) is 10.4. The molecule has 2 atom stereocenters. The Kier molecular flexibility index (Phi) is 4.81.